The molecule has 0 fully saturated rings. The van der Waals surface area contributed by atoms with Crippen molar-refractivity contribution in [3.63, 3.8) is 0 Å². The van der Waals surface area contributed by atoms with Crippen molar-refractivity contribution in [3.05, 3.63) is 37.2 Å². The van der Waals surface area contributed by atoms with E-state index in [0.29, 0.717) is 10.6 Å². The van der Waals surface area contributed by atoms with Gasteiger partial charge in [0.2, 0.25) is 0 Å². The number of esters is 1. The second kappa shape index (κ2) is 6.26. The summed E-state index contributed by atoms with van der Waals surface area (Å²) < 4.78 is 7.48. The summed E-state index contributed by atoms with van der Waals surface area (Å²) in [5.74, 6) is -0.374. The average molecular weight is 480 g/mol. The van der Waals surface area contributed by atoms with E-state index in [4.69, 9.17) is 10.5 Å². The van der Waals surface area contributed by atoms with Gasteiger partial charge in [-0.2, -0.15) is 0 Å². The number of carbonyl (C=O) groups is 1. The molecule has 2 rings (SSSR count). The van der Waals surface area contributed by atoms with Crippen LogP contribution in [0.1, 0.15) is 30.4 Å². The molecule has 1 aromatic carbocycles. The highest BCUT2D eigenvalue weighted by atomic mass is 127. The zero-order chi connectivity index (χ0) is 15.8. The molecule has 0 spiro atoms. The first-order valence-electron chi connectivity index (χ1n) is 6.25. The van der Waals surface area contributed by atoms with Crippen LogP contribution >= 0.6 is 49.9 Å². The minimum absolute atomic E-state index is 0.374. The molecule has 0 atom stereocenters. The van der Waals surface area contributed by atoms with E-state index in [0.717, 1.165) is 18.5 Å². The van der Waals surface area contributed by atoms with Gasteiger partial charge in [-0.25, -0.2) is 4.79 Å². The van der Waals surface area contributed by atoms with E-state index >= 15 is 0 Å². The second-order valence-corrected chi connectivity index (χ2v) is 8.65. The summed E-state index contributed by atoms with van der Waals surface area (Å²) in [7, 11) is 0. The van der Waals surface area contributed by atoms with E-state index in [1.807, 2.05) is 45.0 Å². The molecule has 0 saturated carbocycles. The molecule has 0 saturated heterocycles. The van der Waals surface area contributed by atoms with Crippen LogP contribution in [-0.2, 0) is 4.74 Å². The Morgan fingerprint density at radius 2 is 2.00 bits per heavy atom. The Morgan fingerprint density at radius 3 is 2.62 bits per heavy atom. The van der Waals surface area contributed by atoms with Crippen molar-refractivity contribution in [1.29, 1.82) is 0 Å². The van der Waals surface area contributed by atoms with Gasteiger partial charge in [-0.15, -0.1) is 11.3 Å². The van der Waals surface area contributed by atoms with E-state index in [1.165, 1.54) is 11.3 Å². The van der Waals surface area contributed by atoms with Crippen LogP contribution in [0.5, 0.6) is 0 Å². The molecular weight excluding hydrogens is 465 g/mol. The van der Waals surface area contributed by atoms with E-state index in [1.54, 1.807) is 0 Å². The maximum atomic E-state index is 12.2. The number of nitrogens with two attached hydrogens (primary N) is 1. The summed E-state index contributed by atoms with van der Waals surface area (Å²) in [6.07, 6.45) is 0. The van der Waals surface area contributed by atoms with Crippen molar-refractivity contribution in [3.8, 4) is 10.4 Å². The maximum absolute atomic E-state index is 12.2. The Morgan fingerprint density at radius 1 is 1.33 bits per heavy atom. The Kier molecular flexibility index (Phi) is 4.99. The van der Waals surface area contributed by atoms with Gasteiger partial charge in [0.1, 0.15) is 10.5 Å². The molecule has 0 aliphatic heterocycles. The Hall–Kier alpha value is -0.600. The first-order valence-corrected chi connectivity index (χ1v) is 8.94. The minimum atomic E-state index is -0.530. The molecule has 0 aliphatic rings. The number of halogens is 2. The van der Waals surface area contributed by atoms with Crippen LogP contribution in [-0.4, -0.2) is 11.6 Å². The van der Waals surface area contributed by atoms with Gasteiger partial charge in [0.05, 0.1) is 5.69 Å². The number of nitrogen functional groups attached to an aromatic ring is 1. The summed E-state index contributed by atoms with van der Waals surface area (Å²) >= 11 is 7.09. The van der Waals surface area contributed by atoms with E-state index in [2.05, 4.69) is 38.5 Å². The van der Waals surface area contributed by atoms with Crippen molar-refractivity contribution in [1.82, 2.24) is 0 Å². The van der Waals surface area contributed by atoms with Crippen molar-refractivity contribution in [2.75, 3.05) is 5.73 Å². The highest BCUT2D eigenvalue weighted by Gasteiger charge is 2.22. The zero-order valence-corrected chi connectivity index (χ0v) is 16.4. The number of rotatable bonds is 2. The normalized spacial score (nSPS) is 11.5. The van der Waals surface area contributed by atoms with Gasteiger partial charge >= 0.3 is 5.97 Å². The lowest BCUT2D eigenvalue weighted by molar-refractivity contribution is 0.00764. The first kappa shape index (κ1) is 16.8. The lowest BCUT2D eigenvalue weighted by atomic mass is 10.2. The van der Waals surface area contributed by atoms with Crippen molar-refractivity contribution in [2.45, 2.75) is 26.4 Å². The highest BCUT2D eigenvalue weighted by molar-refractivity contribution is 14.1. The Labute approximate surface area is 150 Å². The second-order valence-electron chi connectivity index (χ2n) is 5.52. The maximum Gasteiger partial charge on any atom is 0.350 e. The van der Waals surface area contributed by atoms with Gasteiger partial charge in [0, 0.05) is 18.5 Å². The van der Waals surface area contributed by atoms with E-state index in [-0.39, 0.29) is 5.97 Å². The molecular formula is C15H15BrINO2S. The predicted octanol–water partition coefficient (Wildman–Crippen LogP) is 5.32. The molecule has 0 aliphatic carbocycles. The molecule has 0 radical (unpaired) electrons. The van der Waals surface area contributed by atoms with Crippen LogP contribution in [0.25, 0.3) is 10.4 Å². The van der Waals surface area contributed by atoms with Gasteiger partial charge in [0.15, 0.2) is 0 Å². The average Bonchev–Trinajstić information content (AvgIpc) is 2.72. The summed E-state index contributed by atoms with van der Waals surface area (Å²) in [5, 5.41) is 0. The lowest BCUT2D eigenvalue weighted by Crippen LogP contribution is -2.23. The van der Waals surface area contributed by atoms with Crippen LogP contribution < -0.4 is 5.73 Å². The zero-order valence-electron chi connectivity index (χ0n) is 11.9. The molecule has 112 valence electrons. The summed E-state index contributed by atoms with van der Waals surface area (Å²) in [4.78, 5) is 13.6. The molecule has 0 unspecified atom stereocenters. The van der Waals surface area contributed by atoms with Crippen molar-refractivity contribution in [2.24, 2.45) is 0 Å². The van der Waals surface area contributed by atoms with Crippen LogP contribution in [0.4, 0.5) is 5.69 Å². The smallest absolute Gasteiger partial charge is 0.350 e. The van der Waals surface area contributed by atoms with Crippen LogP contribution in [0.2, 0.25) is 0 Å². The molecule has 2 aromatic rings. The molecule has 0 amide bonds. The van der Waals surface area contributed by atoms with Gasteiger partial charge < -0.3 is 10.5 Å². The summed E-state index contributed by atoms with van der Waals surface area (Å²) in [6.45, 7) is 5.52. The van der Waals surface area contributed by atoms with Gasteiger partial charge in [-0.05, 0) is 67.6 Å². The monoisotopic (exact) mass is 479 g/mol. The number of hydrogen-bond acceptors (Lipinski definition) is 4. The Bertz CT molecular complexity index is 691. The number of anilines is 1. The van der Waals surface area contributed by atoms with Crippen molar-refractivity contribution >= 4 is 61.5 Å². The quantitative estimate of drug-likeness (QED) is 0.468. The van der Waals surface area contributed by atoms with Gasteiger partial charge in [-0.3, -0.25) is 0 Å². The van der Waals surface area contributed by atoms with Crippen molar-refractivity contribution < 1.29 is 9.53 Å². The summed E-state index contributed by atoms with van der Waals surface area (Å²) in [6, 6.07) is 7.85. The third kappa shape index (κ3) is 4.20. The first-order chi connectivity index (χ1) is 9.67. The molecule has 0 bridgehead atoms. The minimum Gasteiger partial charge on any atom is -0.456 e. The predicted molar refractivity (Wildman–Crippen MR) is 99.8 cm³/mol. The van der Waals surface area contributed by atoms with Crippen LogP contribution in [0.15, 0.2) is 28.7 Å². The number of benzene rings is 1. The summed E-state index contributed by atoms with van der Waals surface area (Å²) in [5.41, 5.74) is 6.96. The number of ether oxygens (including phenoxy) is 1. The topological polar surface area (TPSA) is 52.3 Å². The highest BCUT2D eigenvalue weighted by Crippen LogP contribution is 2.37. The number of hydrogen-bond donors (Lipinski definition) is 1. The fourth-order valence-corrected chi connectivity index (χ4v) is 3.86. The SMILES string of the molecule is CC(C)(C)OC(=O)c1sc(-c2cc(Br)ccc2I)cc1N. The number of carbonyl (C=O) groups excluding carboxylic acids is 1. The third-order valence-electron chi connectivity index (χ3n) is 2.54. The number of thiophene rings is 1. The lowest BCUT2D eigenvalue weighted by Gasteiger charge is -2.18. The van der Waals surface area contributed by atoms with E-state index in [9.17, 15) is 4.79 Å². The standard InChI is InChI=1S/C15H15BrINO2S/c1-15(2,3)20-14(19)13-11(18)7-12(21-13)9-6-8(16)4-5-10(9)17/h4-7H,18H2,1-3H3. The Balaban J connectivity index is 2.39. The molecule has 21 heavy (non-hydrogen) atoms. The molecule has 1 heterocycles. The fraction of sp³-hybridized carbons (Fsp3) is 0.267. The molecule has 2 N–H and O–H groups in total. The van der Waals surface area contributed by atoms with E-state index < -0.39 is 5.60 Å². The largest absolute Gasteiger partial charge is 0.456 e. The van der Waals surface area contributed by atoms with Gasteiger partial charge in [-0.1, -0.05) is 15.9 Å². The van der Waals surface area contributed by atoms with Gasteiger partial charge in [0.25, 0.3) is 0 Å². The molecule has 6 heteroatoms. The molecule has 1 aromatic heterocycles. The molecule has 3 nitrogen and oxygen atoms in total. The van der Waals surface area contributed by atoms with Crippen LogP contribution in [0.3, 0.4) is 0 Å². The van der Waals surface area contributed by atoms with Crippen LogP contribution in [0, 0.1) is 3.57 Å². The third-order valence-corrected chi connectivity index (χ3v) is 5.14. The fourth-order valence-electron chi connectivity index (χ4n) is 1.71.